The van der Waals surface area contributed by atoms with Crippen molar-refractivity contribution in [2.75, 3.05) is 6.54 Å². The Bertz CT molecular complexity index is 686. The zero-order valence-electron chi connectivity index (χ0n) is 12.3. The number of rotatable bonds is 2. The maximum atomic E-state index is 5.80. The van der Waals surface area contributed by atoms with Crippen LogP contribution >= 0.6 is 24.0 Å². The van der Waals surface area contributed by atoms with Crippen LogP contribution in [-0.4, -0.2) is 26.7 Å². The lowest BCUT2D eigenvalue weighted by Crippen LogP contribution is -2.47. The Labute approximate surface area is 140 Å². The summed E-state index contributed by atoms with van der Waals surface area (Å²) in [6.07, 6.45) is 4.31. The Balaban J connectivity index is 1.63. The Morgan fingerprint density at radius 1 is 1.18 bits per heavy atom. The van der Waals surface area contributed by atoms with Crippen molar-refractivity contribution in [3.8, 4) is 0 Å². The maximum Gasteiger partial charge on any atom is 0.106 e. The van der Waals surface area contributed by atoms with Gasteiger partial charge in [0, 0.05) is 29.1 Å². The van der Waals surface area contributed by atoms with Crippen molar-refractivity contribution in [2.24, 2.45) is 5.92 Å². The number of fused-ring (bicyclic) bond motifs is 2. The van der Waals surface area contributed by atoms with Gasteiger partial charge in [0.25, 0.3) is 0 Å². The third-order valence-corrected chi connectivity index (χ3v) is 6.44. The molecule has 0 radical (unpaired) electrons. The molecule has 0 spiro atoms. The highest BCUT2D eigenvalue weighted by atomic mass is 32.2. The van der Waals surface area contributed by atoms with Crippen LogP contribution in [0.4, 0.5) is 0 Å². The highest BCUT2D eigenvalue weighted by Gasteiger charge is 2.39. The average Bonchev–Trinajstić information content (AvgIpc) is 2.57. The van der Waals surface area contributed by atoms with Crippen LogP contribution < -0.4 is 0 Å². The van der Waals surface area contributed by atoms with Crippen LogP contribution in [0.5, 0.6) is 0 Å². The molecular formula is C18H18N2S2. The first-order chi connectivity index (χ1) is 10.8. The summed E-state index contributed by atoms with van der Waals surface area (Å²) in [5.41, 5.74) is 2.56. The molecular weight excluding hydrogens is 308 g/mol. The van der Waals surface area contributed by atoms with Crippen molar-refractivity contribution >= 4 is 28.8 Å². The fourth-order valence-corrected chi connectivity index (χ4v) is 5.41. The van der Waals surface area contributed by atoms with Crippen molar-refractivity contribution in [2.45, 2.75) is 29.8 Å². The first kappa shape index (κ1) is 14.4. The molecule has 2 aliphatic rings. The molecule has 112 valence electrons. The minimum absolute atomic E-state index is 0.434. The number of thiocarbonyl (C=S) groups is 1. The summed E-state index contributed by atoms with van der Waals surface area (Å²) in [6, 6.07) is 14.9. The van der Waals surface area contributed by atoms with Crippen molar-refractivity contribution in [3.63, 3.8) is 0 Å². The second-order valence-electron chi connectivity index (χ2n) is 5.93. The molecule has 1 aromatic carbocycles. The quantitative estimate of drug-likeness (QED) is 0.771. The number of benzene rings is 1. The number of likely N-dealkylation sites (tertiary alicyclic amines) is 1. The van der Waals surface area contributed by atoms with Gasteiger partial charge in [-0.15, -0.1) is 0 Å². The third kappa shape index (κ3) is 2.60. The third-order valence-electron chi connectivity index (χ3n) is 4.50. The van der Waals surface area contributed by atoms with Crippen LogP contribution in [-0.2, 0) is 6.54 Å². The van der Waals surface area contributed by atoms with Gasteiger partial charge in [-0.3, -0.25) is 4.90 Å². The molecule has 3 heterocycles. The van der Waals surface area contributed by atoms with E-state index in [9.17, 15) is 0 Å². The Morgan fingerprint density at radius 3 is 2.91 bits per heavy atom. The summed E-state index contributed by atoms with van der Waals surface area (Å²) in [5.74, 6) is 0.481. The Hall–Kier alpha value is -1.23. The molecule has 1 aromatic heterocycles. The van der Waals surface area contributed by atoms with Gasteiger partial charge in [0.15, 0.2) is 0 Å². The number of thioether (sulfide) groups is 1. The van der Waals surface area contributed by atoms with Gasteiger partial charge in [0.2, 0.25) is 0 Å². The van der Waals surface area contributed by atoms with Gasteiger partial charge in [0.05, 0.1) is 5.37 Å². The van der Waals surface area contributed by atoms with Crippen LogP contribution in [0.15, 0.2) is 53.7 Å². The summed E-state index contributed by atoms with van der Waals surface area (Å²) in [5, 5.41) is 1.54. The fourth-order valence-electron chi connectivity index (χ4n) is 3.43. The molecule has 4 heteroatoms. The molecule has 0 aliphatic carbocycles. The number of piperidine rings is 1. The molecule has 1 fully saturated rings. The molecule has 2 nitrogen and oxygen atoms in total. The maximum absolute atomic E-state index is 5.80. The first-order valence-electron chi connectivity index (χ1n) is 7.77. The van der Waals surface area contributed by atoms with E-state index in [1.54, 1.807) is 0 Å². The Kier molecular flexibility index (Phi) is 3.99. The molecule has 2 unspecified atom stereocenters. The van der Waals surface area contributed by atoms with E-state index < -0.39 is 0 Å². The van der Waals surface area contributed by atoms with Gasteiger partial charge >= 0.3 is 0 Å². The topological polar surface area (TPSA) is 16.1 Å². The lowest BCUT2D eigenvalue weighted by Gasteiger charge is -2.43. The second kappa shape index (κ2) is 6.11. The molecule has 0 saturated carbocycles. The number of hydrogen-bond donors (Lipinski definition) is 0. The van der Waals surface area contributed by atoms with E-state index in [1.807, 2.05) is 24.0 Å². The van der Waals surface area contributed by atoms with E-state index >= 15 is 0 Å². The minimum Gasteiger partial charge on any atom is -0.286 e. The van der Waals surface area contributed by atoms with E-state index in [2.05, 4.69) is 46.3 Å². The lowest BCUT2D eigenvalue weighted by molar-refractivity contribution is 0.173. The number of nitrogens with zero attached hydrogens (tertiary/aromatic N) is 2. The van der Waals surface area contributed by atoms with Crippen LogP contribution in [0.2, 0.25) is 0 Å². The zero-order chi connectivity index (χ0) is 14.9. The number of aromatic nitrogens is 1. The SMILES string of the molecule is S=C1c2cccnc2SC2C1CCCN2Cc1ccccc1. The van der Waals surface area contributed by atoms with Crippen molar-refractivity contribution in [1.82, 2.24) is 9.88 Å². The van der Waals surface area contributed by atoms with Gasteiger partial charge in [-0.2, -0.15) is 0 Å². The molecule has 2 aliphatic heterocycles. The van der Waals surface area contributed by atoms with E-state index in [0.29, 0.717) is 11.3 Å². The van der Waals surface area contributed by atoms with Gasteiger partial charge in [-0.1, -0.05) is 54.3 Å². The van der Waals surface area contributed by atoms with Gasteiger partial charge in [-0.25, -0.2) is 4.98 Å². The molecule has 22 heavy (non-hydrogen) atoms. The molecule has 0 amide bonds. The van der Waals surface area contributed by atoms with Crippen LogP contribution in [0.25, 0.3) is 0 Å². The van der Waals surface area contributed by atoms with Crippen molar-refractivity contribution in [3.05, 3.63) is 59.8 Å². The van der Waals surface area contributed by atoms with Crippen LogP contribution in [0, 0.1) is 5.92 Å². The molecule has 0 bridgehead atoms. The molecule has 1 saturated heterocycles. The fraction of sp³-hybridized carbons (Fsp3) is 0.333. The zero-order valence-corrected chi connectivity index (χ0v) is 13.9. The predicted molar refractivity (Wildman–Crippen MR) is 95.2 cm³/mol. The van der Waals surface area contributed by atoms with Gasteiger partial charge < -0.3 is 0 Å². The summed E-state index contributed by atoms with van der Waals surface area (Å²) in [4.78, 5) is 8.25. The standard InChI is InChI=1S/C18H18N2S2/c21-16-14-8-4-10-19-17(14)22-18-15(16)9-5-11-20(18)12-13-6-2-1-3-7-13/h1-4,6-8,10,15,18H,5,9,11-12H2. The second-order valence-corrected chi connectivity index (χ2v) is 7.48. The number of pyridine rings is 1. The molecule has 0 N–H and O–H groups in total. The Morgan fingerprint density at radius 2 is 2.05 bits per heavy atom. The summed E-state index contributed by atoms with van der Waals surface area (Å²) < 4.78 is 0. The van der Waals surface area contributed by atoms with E-state index in [1.165, 1.54) is 24.0 Å². The highest BCUT2D eigenvalue weighted by Crippen LogP contribution is 2.43. The largest absolute Gasteiger partial charge is 0.286 e. The van der Waals surface area contributed by atoms with E-state index in [4.69, 9.17) is 12.2 Å². The normalized spacial score (nSPS) is 24.6. The van der Waals surface area contributed by atoms with Crippen LogP contribution in [0.3, 0.4) is 0 Å². The smallest absolute Gasteiger partial charge is 0.106 e. The number of hydrogen-bond acceptors (Lipinski definition) is 4. The molecule has 2 aromatic rings. The molecule has 2 atom stereocenters. The van der Waals surface area contributed by atoms with Gasteiger partial charge in [-0.05, 0) is 37.1 Å². The van der Waals surface area contributed by atoms with E-state index in [0.717, 1.165) is 23.0 Å². The van der Waals surface area contributed by atoms with Gasteiger partial charge in [0.1, 0.15) is 5.03 Å². The summed E-state index contributed by atoms with van der Waals surface area (Å²) >= 11 is 7.70. The average molecular weight is 326 g/mol. The monoisotopic (exact) mass is 326 g/mol. The first-order valence-corrected chi connectivity index (χ1v) is 9.05. The minimum atomic E-state index is 0.434. The van der Waals surface area contributed by atoms with Crippen molar-refractivity contribution < 1.29 is 0 Å². The predicted octanol–water partition coefficient (Wildman–Crippen LogP) is 4.14. The van der Waals surface area contributed by atoms with Crippen molar-refractivity contribution in [1.29, 1.82) is 0 Å². The van der Waals surface area contributed by atoms with E-state index in [-0.39, 0.29) is 0 Å². The summed E-state index contributed by atoms with van der Waals surface area (Å²) in [6.45, 7) is 2.15. The van der Waals surface area contributed by atoms with Crippen LogP contribution in [0.1, 0.15) is 24.0 Å². The highest BCUT2D eigenvalue weighted by molar-refractivity contribution is 8.00. The summed E-state index contributed by atoms with van der Waals surface area (Å²) in [7, 11) is 0. The molecule has 4 rings (SSSR count). The lowest BCUT2D eigenvalue weighted by atomic mass is 9.90.